The van der Waals surface area contributed by atoms with E-state index in [-0.39, 0.29) is 11.9 Å². The molecule has 4 heteroatoms. The van der Waals surface area contributed by atoms with Crippen LogP contribution in [-0.2, 0) is 4.79 Å². The van der Waals surface area contributed by atoms with Gasteiger partial charge in [-0.1, -0.05) is 6.92 Å². The summed E-state index contributed by atoms with van der Waals surface area (Å²) in [4.78, 5) is 11.3. The zero-order chi connectivity index (χ0) is 9.52. The number of hydrogen-bond donors (Lipinski definition) is 2. The van der Waals surface area contributed by atoms with Crippen molar-refractivity contribution in [3.8, 4) is 0 Å². The molecule has 1 fully saturated rings. The Kier molecular flexibility index (Phi) is 5.23. The Morgan fingerprint density at radius 3 is 3.23 bits per heavy atom. The number of hydrogen-bond acceptors (Lipinski definition) is 3. The van der Waals surface area contributed by atoms with Crippen LogP contribution >= 0.6 is 11.8 Å². The fourth-order valence-corrected chi connectivity index (χ4v) is 1.97. The molecule has 0 spiro atoms. The quantitative estimate of drug-likeness (QED) is 0.642. The van der Waals surface area contributed by atoms with Gasteiger partial charge in [0.25, 0.3) is 0 Å². The van der Waals surface area contributed by atoms with E-state index in [1.807, 2.05) is 11.8 Å². The number of carbonyl (C=O) groups is 1. The molecule has 0 aliphatic carbocycles. The van der Waals surface area contributed by atoms with E-state index in [0.29, 0.717) is 0 Å². The van der Waals surface area contributed by atoms with Crippen molar-refractivity contribution in [3.63, 3.8) is 0 Å². The predicted molar refractivity (Wildman–Crippen MR) is 57.0 cm³/mol. The van der Waals surface area contributed by atoms with Crippen molar-refractivity contribution in [2.24, 2.45) is 0 Å². The molecule has 1 aliphatic heterocycles. The summed E-state index contributed by atoms with van der Waals surface area (Å²) >= 11 is 1.90. The van der Waals surface area contributed by atoms with Gasteiger partial charge in [0.05, 0.1) is 6.04 Å². The van der Waals surface area contributed by atoms with Gasteiger partial charge in [0, 0.05) is 18.8 Å². The molecule has 3 nitrogen and oxygen atoms in total. The summed E-state index contributed by atoms with van der Waals surface area (Å²) in [5.41, 5.74) is 0. The Bertz CT molecular complexity index is 164. The van der Waals surface area contributed by atoms with Crippen molar-refractivity contribution in [1.29, 1.82) is 0 Å². The van der Waals surface area contributed by atoms with Crippen LogP contribution < -0.4 is 10.6 Å². The van der Waals surface area contributed by atoms with Gasteiger partial charge < -0.3 is 10.6 Å². The Hall–Kier alpha value is -0.220. The normalized spacial score (nSPS) is 22.8. The zero-order valence-electron chi connectivity index (χ0n) is 8.14. The summed E-state index contributed by atoms with van der Waals surface area (Å²) < 4.78 is 0. The van der Waals surface area contributed by atoms with E-state index in [4.69, 9.17) is 0 Å². The van der Waals surface area contributed by atoms with Crippen molar-refractivity contribution in [2.75, 3.05) is 24.6 Å². The average molecular weight is 202 g/mol. The minimum absolute atomic E-state index is 0.0613. The van der Waals surface area contributed by atoms with E-state index in [9.17, 15) is 4.79 Å². The molecule has 2 N–H and O–H groups in total. The summed E-state index contributed by atoms with van der Waals surface area (Å²) in [5, 5.41) is 6.14. The number of rotatable bonds is 5. The second kappa shape index (κ2) is 6.27. The van der Waals surface area contributed by atoms with Gasteiger partial charge in [0.2, 0.25) is 5.91 Å². The molecule has 0 saturated carbocycles. The van der Waals surface area contributed by atoms with E-state index < -0.39 is 0 Å². The van der Waals surface area contributed by atoms with E-state index in [1.54, 1.807) is 0 Å². The fourth-order valence-electron chi connectivity index (χ4n) is 1.42. The average Bonchev–Trinajstić information content (AvgIpc) is 2.15. The van der Waals surface area contributed by atoms with Gasteiger partial charge in [-0.05, 0) is 18.6 Å². The predicted octanol–water partition coefficient (Wildman–Crippen LogP) is 0.608. The van der Waals surface area contributed by atoms with Gasteiger partial charge in [0.1, 0.15) is 0 Å². The highest BCUT2D eigenvalue weighted by Gasteiger charge is 2.20. The van der Waals surface area contributed by atoms with Crippen molar-refractivity contribution < 1.29 is 4.79 Å². The monoisotopic (exact) mass is 202 g/mol. The minimum Gasteiger partial charge on any atom is -0.355 e. The molecule has 1 amide bonds. The molecule has 1 atom stereocenters. The number of thioether (sulfide) groups is 1. The third-order valence-electron chi connectivity index (χ3n) is 2.13. The zero-order valence-corrected chi connectivity index (χ0v) is 8.95. The van der Waals surface area contributed by atoms with Crippen molar-refractivity contribution in [2.45, 2.75) is 25.8 Å². The van der Waals surface area contributed by atoms with E-state index in [2.05, 4.69) is 17.6 Å². The van der Waals surface area contributed by atoms with Gasteiger partial charge in [-0.2, -0.15) is 11.8 Å². The molecule has 1 aliphatic rings. The van der Waals surface area contributed by atoms with Crippen molar-refractivity contribution >= 4 is 17.7 Å². The number of carbonyl (C=O) groups excluding carboxylic acids is 1. The second-order valence-corrected chi connectivity index (χ2v) is 4.53. The lowest BCUT2D eigenvalue weighted by Gasteiger charge is -2.22. The maximum Gasteiger partial charge on any atom is 0.237 e. The molecular weight excluding hydrogens is 184 g/mol. The van der Waals surface area contributed by atoms with Crippen LogP contribution in [0.2, 0.25) is 0 Å². The highest BCUT2D eigenvalue weighted by atomic mass is 32.2. The molecule has 0 aromatic rings. The molecule has 0 aromatic heterocycles. The molecule has 0 bridgehead atoms. The van der Waals surface area contributed by atoms with Crippen LogP contribution in [0.25, 0.3) is 0 Å². The summed E-state index contributed by atoms with van der Waals surface area (Å²) in [5.74, 6) is 2.42. The molecular formula is C9H18N2OS. The number of piperidine rings is 1. The Labute approximate surface area is 84.0 Å². The van der Waals surface area contributed by atoms with Crippen LogP contribution in [0.5, 0.6) is 0 Å². The lowest BCUT2D eigenvalue weighted by Crippen LogP contribution is -2.48. The summed E-state index contributed by atoms with van der Waals surface area (Å²) in [6.45, 7) is 3.94. The van der Waals surface area contributed by atoms with Crippen LogP contribution in [0, 0.1) is 0 Å². The van der Waals surface area contributed by atoms with E-state index >= 15 is 0 Å². The van der Waals surface area contributed by atoms with E-state index in [1.165, 1.54) is 0 Å². The van der Waals surface area contributed by atoms with Crippen molar-refractivity contribution in [3.05, 3.63) is 0 Å². The lowest BCUT2D eigenvalue weighted by molar-refractivity contribution is -0.124. The Morgan fingerprint density at radius 2 is 2.54 bits per heavy atom. The lowest BCUT2D eigenvalue weighted by atomic mass is 10.1. The molecule has 1 saturated heterocycles. The standard InChI is InChI=1S/C9H18N2OS/c1-2-13-7-6-10-8-4-3-5-11-9(8)12/h8,10H,2-7H2,1H3,(H,11,12). The molecule has 13 heavy (non-hydrogen) atoms. The van der Waals surface area contributed by atoms with E-state index in [0.717, 1.165) is 37.4 Å². The van der Waals surface area contributed by atoms with Gasteiger partial charge in [-0.3, -0.25) is 4.79 Å². The van der Waals surface area contributed by atoms with Crippen LogP contribution in [0.15, 0.2) is 0 Å². The van der Waals surface area contributed by atoms with Crippen LogP contribution in [0.1, 0.15) is 19.8 Å². The maximum atomic E-state index is 11.3. The van der Waals surface area contributed by atoms with Crippen molar-refractivity contribution in [1.82, 2.24) is 10.6 Å². The largest absolute Gasteiger partial charge is 0.355 e. The third-order valence-corrected chi connectivity index (χ3v) is 3.03. The highest BCUT2D eigenvalue weighted by molar-refractivity contribution is 7.99. The molecule has 1 heterocycles. The van der Waals surface area contributed by atoms with Crippen LogP contribution in [-0.4, -0.2) is 36.5 Å². The third kappa shape index (κ3) is 4.00. The first-order valence-electron chi connectivity index (χ1n) is 4.93. The smallest absolute Gasteiger partial charge is 0.237 e. The van der Waals surface area contributed by atoms with Crippen LogP contribution in [0.3, 0.4) is 0 Å². The number of nitrogens with one attached hydrogen (secondary N) is 2. The molecule has 0 aromatic carbocycles. The van der Waals surface area contributed by atoms with Gasteiger partial charge in [0.15, 0.2) is 0 Å². The second-order valence-electron chi connectivity index (χ2n) is 3.14. The molecule has 76 valence electrons. The SMILES string of the molecule is CCSCCNC1CCCNC1=O. The maximum absolute atomic E-state index is 11.3. The topological polar surface area (TPSA) is 41.1 Å². The fraction of sp³-hybridized carbons (Fsp3) is 0.889. The number of amides is 1. The molecule has 1 rings (SSSR count). The molecule has 1 unspecified atom stereocenters. The summed E-state index contributed by atoms with van der Waals surface area (Å²) in [7, 11) is 0. The minimum atomic E-state index is 0.0613. The highest BCUT2D eigenvalue weighted by Crippen LogP contribution is 2.03. The summed E-state index contributed by atoms with van der Waals surface area (Å²) in [6, 6.07) is 0.0613. The Balaban J connectivity index is 2.08. The van der Waals surface area contributed by atoms with Gasteiger partial charge in [-0.25, -0.2) is 0 Å². The molecule has 0 radical (unpaired) electrons. The summed E-state index contributed by atoms with van der Waals surface area (Å²) in [6.07, 6.45) is 2.09. The van der Waals surface area contributed by atoms with Gasteiger partial charge in [-0.15, -0.1) is 0 Å². The van der Waals surface area contributed by atoms with Gasteiger partial charge >= 0.3 is 0 Å². The first-order chi connectivity index (χ1) is 6.34. The Morgan fingerprint density at radius 1 is 1.69 bits per heavy atom. The first-order valence-corrected chi connectivity index (χ1v) is 6.09. The van der Waals surface area contributed by atoms with Crippen LogP contribution in [0.4, 0.5) is 0 Å². The first kappa shape index (κ1) is 10.9.